The summed E-state index contributed by atoms with van der Waals surface area (Å²) in [6, 6.07) is 17.4. The molecule has 1 aliphatic rings. The molecular weight excluding hydrogens is 354 g/mol. The number of anilines is 1. The molecule has 0 radical (unpaired) electrons. The fraction of sp³-hybridized carbons (Fsp3) is 0.364. The second-order valence-corrected chi connectivity index (χ2v) is 6.95. The molecular formula is C22H27N3O3. The van der Waals surface area contributed by atoms with E-state index in [1.807, 2.05) is 42.5 Å². The molecule has 1 heterocycles. The van der Waals surface area contributed by atoms with Gasteiger partial charge in [-0.3, -0.25) is 9.59 Å². The first kappa shape index (κ1) is 19.9. The van der Waals surface area contributed by atoms with E-state index in [1.54, 1.807) is 16.9 Å². The molecule has 0 aliphatic carbocycles. The van der Waals surface area contributed by atoms with Crippen LogP contribution < -0.4 is 15.4 Å². The van der Waals surface area contributed by atoms with Crippen molar-refractivity contribution in [2.45, 2.75) is 12.8 Å². The van der Waals surface area contributed by atoms with E-state index < -0.39 is 0 Å². The number of carbonyl (C=O) groups excluding carboxylic acids is 2. The number of benzene rings is 2. The van der Waals surface area contributed by atoms with E-state index in [-0.39, 0.29) is 24.2 Å². The lowest BCUT2D eigenvalue weighted by molar-refractivity contribution is -0.135. The number of rotatable bonds is 8. The van der Waals surface area contributed by atoms with Gasteiger partial charge in [0.1, 0.15) is 5.75 Å². The third-order valence-corrected chi connectivity index (χ3v) is 5.08. The molecule has 1 unspecified atom stereocenters. The van der Waals surface area contributed by atoms with E-state index in [1.165, 1.54) is 5.56 Å². The van der Waals surface area contributed by atoms with Crippen LogP contribution in [0.15, 0.2) is 54.6 Å². The van der Waals surface area contributed by atoms with E-state index >= 15 is 0 Å². The van der Waals surface area contributed by atoms with Gasteiger partial charge >= 0.3 is 0 Å². The monoisotopic (exact) mass is 381 g/mol. The predicted molar refractivity (Wildman–Crippen MR) is 109 cm³/mol. The first-order chi connectivity index (χ1) is 13.6. The molecule has 1 atom stereocenters. The Bertz CT molecular complexity index is 792. The SMILES string of the molecule is COc1ccc(N2CC(C(=O)N(CCN)CCc3ccccc3)CC2=O)cc1. The fourth-order valence-corrected chi connectivity index (χ4v) is 3.54. The smallest absolute Gasteiger partial charge is 0.228 e. The van der Waals surface area contributed by atoms with Crippen molar-refractivity contribution in [3.05, 3.63) is 60.2 Å². The Morgan fingerprint density at radius 1 is 1.14 bits per heavy atom. The molecule has 1 saturated heterocycles. The minimum atomic E-state index is -0.336. The van der Waals surface area contributed by atoms with E-state index in [9.17, 15) is 9.59 Å². The number of nitrogens with two attached hydrogens (primary N) is 1. The zero-order chi connectivity index (χ0) is 19.9. The maximum Gasteiger partial charge on any atom is 0.228 e. The zero-order valence-corrected chi connectivity index (χ0v) is 16.2. The molecule has 1 fully saturated rings. The number of methoxy groups -OCH3 is 1. The van der Waals surface area contributed by atoms with E-state index in [0.29, 0.717) is 26.2 Å². The highest BCUT2D eigenvalue weighted by molar-refractivity contribution is 6.00. The molecule has 2 N–H and O–H groups in total. The van der Waals surface area contributed by atoms with E-state index in [2.05, 4.69) is 12.1 Å². The van der Waals surface area contributed by atoms with Crippen LogP contribution in [0.5, 0.6) is 5.75 Å². The van der Waals surface area contributed by atoms with E-state index in [4.69, 9.17) is 10.5 Å². The topological polar surface area (TPSA) is 75.9 Å². The van der Waals surface area contributed by atoms with Crippen molar-refractivity contribution < 1.29 is 14.3 Å². The molecule has 3 rings (SSSR count). The summed E-state index contributed by atoms with van der Waals surface area (Å²) in [4.78, 5) is 29.0. The first-order valence-corrected chi connectivity index (χ1v) is 9.59. The van der Waals surface area contributed by atoms with Gasteiger partial charge in [0.15, 0.2) is 0 Å². The Balaban J connectivity index is 1.64. The van der Waals surface area contributed by atoms with Gasteiger partial charge in [-0.2, -0.15) is 0 Å². The third-order valence-electron chi connectivity index (χ3n) is 5.08. The Morgan fingerprint density at radius 3 is 2.50 bits per heavy atom. The van der Waals surface area contributed by atoms with Gasteiger partial charge in [0.25, 0.3) is 0 Å². The Kier molecular flexibility index (Phi) is 6.66. The molecule has 1 aliphatic heterocycles. The Hall–Kier alpha value is -2.86. The van der Waals surface area contributed by atoms with Gasteiger partial charge < -0.3 is 20.3 Å². The number of ether oxygens (including phenoxy) is 1. The average Bonchev–Trinajstić information content (AvgIpc) is 3.13. The van der Waals surface area contributed by atoms with Gasteiger partial charge in [-0.1, -0.05) is 30.3 Å². The second-order valence-electron chi connectivity index (χ2n) is 6.95. The highest BCUT2D eigenvalue weighted by Gasteiger charge is 2.37. The molecule has 0 aromatic heterocycles. The summed E-state index contributed by atoms with van der Waals surface area (Å²) in [7, 11) is 1.60. The summed E-state index contributed by atoms with van der Waals surface area (Å²) in [5.41, 5.74) is 7.69. The van der Waals surface area contributed by atoms with Crippen LogP contribution in [0, 0.1) is 5.92 Å². The van der Waals surface area contributed by atoms with Crippen LogP contribution >= 0.6 is 0 Å². The van der Waals surface area contributed by atoms with Crippen molar-refractivity contribution in [2.24, 2.45) is 11.7 Å². The van der Waals surface area contributed by atoms with Crippen LogP contribution in [-0.4, -0.2) is 50.0 Å². The Labute approximate surface area is 165 Å². The van der Waals surface area contributed by atoms with Gasteiger partial charge in [0.05, 0.1) is 13.0 Å². The summed E-state index contributed by atoms with van der Waals surface area (Å²) in [6.07, 6.45) is 1.01. The Morgan fingerprint density at radius 2 is 1.86 bits per heavy atom. The van der Waals surface area contributed by atoms with E-state index in [0.717, 1.165) is 17.9 Å². The van der Waals surface area contributed by atoms with Crippen LogP contribution in [0.2, 0.25) is 0 Å². The van der Waals surface area contributed by atoms with Crippen molar-refractivity contribution in [3.8, 4) is 5.75 Å². The van der Waals surface area contributed by atoms with Crippen LogP contribution in [0.1, 0.15) is 12.0 Å². The van der Waals surface area contributed by atoms with Gasteiger partial charge in [0.2, 0.25) is 11.8 Å². The predicted octanol–water partition coefficient (Wildman–Crippen LogP) is 2.08. The normalized spacial score (nSPS) is 16.3. The number of carbonyl (C=O) groups is 2. The largest absolute Gasteiger partial charge is 0.497 e. The van der Waals surface area contributed by atoms with Crippen LogP contribution in [0.25, 0.3) is 0 Å². The average molecular weight is 381 g/mol. The lowest BCUT2D eigenvalue weighted by atomic mass is 10.1. The lowest BCUT2D eigenvalue weighted by Crippen LogP contribution is -2.41. The lowest BCUT2D eigenvalue weighted by Gasteiger charge is -2.25. The standard InChI is InChI=1S/C22H27N3O3/c1-28-20-9-7-19(8-10-20)25-16-18(15-21(25)26)22(27)24(14-12-23)13-11-17-5-3-2-4-6-17/h2-10,18H,11-16,23H2,1H3. The van der Waals surface area contributed by atoms with Gasteiger partial charge in [-0.15, -0.1) is 0 Å². The summed E-state index contributed by atoms with van der Waals surface area (Å²) in [6.45, 7) is 1.91. The maximum atomic E-state index is 13.1. The van der Waals surface area contributed by atoms with Crippen molar-refractivity contribution in [2.75, 3.05) is 38.2 Å². The minimum Gasteiger partial charge on any atom is -0.497 e. The second kappa shape index (κ2) is 9.37. The zero-order valence-electron chi connectivity index (χ0n) is 16.2. The molecule has 2 amide bonds. The van der Waals surface area contributed by atoms with Crippen molar-refractivity contribution >= 4 is 17.5 Å². The number of hydrogen-bond donors (Lipinski definition) is 1. The van der Waals surface area contributed by atoms with Crippen molar-refractivity contribution in [1.82, 2.24) is 4.90 Å². The first-order valence-electron chi connectivity index (χ1n) is 9.59. The summed E-state index contributed by atoms with van der Waals surface area (Å²) < 4.78 is 5.16. The van der Waals surface area contributed by atoms with Crippen LogP contribution in [0.3, 0.4) is 0 Å². The van der Waals surface area contributed by atoms with Gasteiger partial charge in [-0.05, 0) is 36.2 Å². The van der Waals surface area contributed by atoms with Gasteiger partial charge in [-0.25, -0.2) is 0 Å². The molecule has 6 heteroatoms. The van der Waals surface area contributed by atoms with Crippen LogP contribution in [0.4, 0.5) is 5.69 Å². The molecule has 2 aromatic carbocycles. The molecule has 28 heavy (non-hydrogen) atoms. The fourth-order valence-electron chi connectivity index (χ4n) is 3.54. The molecule has 6 nitrogen and oxygen atoms in total. The molecule has 0 saturated carbocycles. The maximum absolute atomic E-state index is 13.1. The minimum absolute atomic E-state index is 0.00532. The van der Waals surface area contributed by atoms with Crippen LogP contribution in [-0.2, 0) is 16.0 Å². The van der Waals surface area contributed by atoms with Crippen molar-refractivity contribution in [3.63, 3.8) is 0 Å². The highest BCUT2D eigenvalue weighted by atomic mass is 16.5. The number of amides is 2. The number of hydrogen-bond acceptors (Lipinski definition) is 4. The quantitative estimate of drug-likeness (QED) is 0.760. The molecule has 148 valence electrons. The summed E-state index contributed by atoms with van der Waals surface area (Å²) in [5.74, 6) is 0.375. The number of nitrogens with zero attached hydrogens (tertiary/aromatic N) is 2. The molecule has 2 aromatic rings. The molecule has 0 spiro atoms. The molecule has 0 bridgehead atoms. The summed E-state index contributed by atoms with van der Waals surface area (Å²) in [5, 5.41) is 0. The highest BCUT2D eigenvalue weighted by Crippen LogP contribution is 2.28. The summed E-state index contributed by atoms with van der Waals surface area (Å²) >= 11 is 0. The van der Waals surface area contributed by atoms with Crippen molar-refractivity contribution in [1.29, 1.82) is 0 Å². The van der Waals surface area contributed by atoms with Gasteiger partial charge in [0, 0.05) is 38.3 Å². The third kappa shape index (κ3) is 4.70.